The lowest BCUT2D eigenvalue weighted by Gasteiger charge is -2.45. The van der Waals surface area contributed by atoms with Gasteiger partial charge in [0.25, 0.3) is 0 Å². The topological polar surface area (TPSA) is 99.1 Å². The summed E-state index contributed by atoms with van der Waals surface area (Å²) in [5, 5.41) is 11.8. The summed E-state index contributed by atoms with van der Waals surface area (Å²) in [5.74, 6) is -1.50. The van der Waals surface area contributed by atoms with Crippen LogP contribution in [0, 0.1) is 16.2 Å². The molecule has 24 heavy (non-hydrogen) atoms. The molecular weight excluding hydrogens is 316 g/mol. The Labute approximate surface area is 139 Å². The van der Waals surface area contributed by atoms with Crippen LogP contribution in [0.1, 0.15) is 47.0 Å². The first-order valence-corrected chi connectivity index (χ1v) is 8.27. The molecule has 7 nitrogen and oxygen atoms in total. The van der Waals surface area contributed by atoms with E-state index < -0.39 is 51.5 Å². The van der Waals surface area contributed by atoms with Crippen molar-refractivity contribution < 1.29 is 33.7 Å². The molecular formula is C17H22O7. The molecule has 4 rings (SSSR count). The number of esters is 3. The van der Waals surface area contributed by atoms with Crippen LogP contribution in [0.4, 0.5) is 0 Å². The van der Waals surface area contributed by atoms with E-state index in [0.29, 0.717) is 12.8 Å². The number of hydrogen-bond donors (Lipinski definition) is 1. The molecule has 6 atom stereocenters. The van der Waals surface area contributed by atoms with Gasteiger partial charge in [0.2, 0.25) is 0 Å². The van der Waals surface area contributed by atoms with Crippen molar-refractivity contribution in [2.75, 3.05) is 6.61 Å². The number of cyclic esters (lactones) is 1. The van der Waals surface area contributed by atoms with Gasteiger partial charge in [0.05, 0.1) is 22.9 Å². The van der Waals surface area contributed by atoms with E-state index in [2.05, 4.69) is 0 Å². The molecule has 6 unspecified atom stereocenters. The van der Waals surface area contributed by atoms with Gasteiger partial charge in [-0.3, -0.25) is 14.4 Å². The lowest BCUT2D eigenvalue weighted by molar-refractivity contribution is -0.190. The zero-order valence-electron chi connectivity index (χ0n) is 14.3. The molecule has 0 aromatic heterocycles. The molecule has 2 aliphatic heterocycles. The van der Waals surface area contributed by atoms with E-state index in [1.54, 1.807) is 20.8 Å². The number of carbonyl (C=O) groups excluding carboxylic acids is 3. The molecule has 4 fully saturated rings. The molecule has 4 aliphatic rings. The fourth-order valence-corrected chi connectivity index (χ4v) is 6.21. The van der Waals surface area contributed by atoms with Gasteiger partial charge < -0.3 is 19.3 Å². The van der Waals surface area contributed by atoms with Crippen molar-refractivity contribution in [1.29, 1.82) is 0 Å². The van der Waals surface area contributed by atoms with Gasteiger partial charge in [0.15, 0.2) is 0 Å². The SMILES string of the molecule is CC(=O)OC1C2(C)C(=O)OCC2(C)C2(O)CCC3(C)OC(=O)CC132. The predicted molar refractivity (Wildman–Crippen MR) is 78.5 cm³/mol. The van der Waals surface area contributed by atoms with E-state index in [1.807, 2.05) is 0 Å². The van der Waals surface area contributed by atoms with Gasteiger partial charge in [-0.25, -0.2) is 0 Å². The van der Waals surface area contributed by atoms with Gasteiger partial charge >= 0.3 is 17.9 Å². The number of fused-ring (bicyclic) bond motifs is 2. The van der Waals surface area contributed by atoms with Gasteiger partial charge in [-0.2, -0.15) is 0 Å². The summed E-state index contributed by atoms with van der Waals surface area (Å²) in [5.41, 5.74) is -5.73. The van der Waals surface area contributed by atoms with E-state index in [9.17, 15) is 19.5 Å². The summed E-state index contributed by atoms with van der Waals surface area (Å²) in [6.45, 7) is 6.52. The smallest absolute Gasteiger partial charge is 0.316 e. The number of carbonyl (C=O) groups is 3. The monoisotopic (exact) mass is 338 g/mol. The van der Waals surface area contributed by atoms with E-state index in [4.69, 9.17) is 14.2 Å². The highest BCUT2D eigenvalue weighted by atomic mass is 16.6. The summed E-state index contributed by atoms with van der Waals surface area (Å²) < 4.78 is 16.5. The van der Waals surface area contributed by atoms with E-state index in [1.165, 1.54) is 6.92 Å². The Hall–Kier alpha value is -1.63. The minimum Gasteiger partial charge on any atom is -0.464 e. The molecule has 2 saturated carbocycles. The Kier molecular flexibility index (Phi) is 2.61. The highest BCUT2D eigenvalue weighted by molar-refractivity contribution is 5.85. The third-order valence-corrected chi connectivity index (χ3v) is 7.64. The third kappa shape index (κ3) is 1.21. The lowest BCUT2D eigenvalue weighted by Crippen LogP contribution is -2.58. The van der Waals surface area contributed by atoms with Gasteiger partial charge in [-0.1, -0.05) is 6.92 Å². The summed E-state index contributed by atoms with van der Waals surface area (Å²) >= 11 is 0. The summed E-state index contributed by atoms with van der Waals surface area (Å²) in [7, 11) is 0. The minimum atomic E-state index is -1.40. The van der Waals surface area contributed by atoms with Crippen molar-refractivity contribution in [3.05, 3.63) is 0 Å². The van der Waals surface area contributed by atoms with Crippen molar-refractivity contribution in [3.8, 4) is 0 Å². The van der Waals surface area contributed by atoms with Crippen molar-refractivity contribution in [1.82, 2.24) is 0 Å². The van der Waals surface area contributed by atoms with Crippen molar-refractivity contribution in [2.45, 2.75) is 64.3 Å². The van der Waals surface area contributed by atoms with Crippen LogP contribution in [-0.4, -0.2) is 46.9 Å². The molecule has 132 valence electrons. The van der Waals surface area contributed by atoms with Gasteiger partial charge in [-0.05, 0) is 26.7 Å². The maximum Gasteiger partial charge on any atom is 0.316 e. The summed E-state index contributed by atoms with van der Waals surface area (Å²) in [6.07, 6.45) is -0.243. The third-order valence-electron chi connectivity index (χ3n) is 7.64. The fourth-order valence-electron chi connectivity index (χ4n) is 6.21. The standard InChI is InChI=1S/C17H22O7/c1-9(18)23-11-15(4)12(20)22-8-13(15,2)17(21)6-5-14(3)16(11,17)7-10(19)24-14/h11,21H,5-8H2,1-4H3. The van der Waals surface area contributed by atoms with Gasteiger partial charge in [0, 0.05) is 6.92 Å². The normalized spacial score (nSPS) is 54.8. The lowest BCUT2D eigenvalue weighted by atomic mass is 9.61. The molecule has 2 saturated heterocycles. The second-order valence-corrected chi connectivity index (χ2v) is 8.31. The minimum absolute atomic E-state index is 0.0304. The highest BCUT2D eigenvalue weighted by Gasteiger charge is 2.92. The van der Waals surface area contributed by atoms with Crippen LogP contribution in [0.5, 0.6) is 0 Å². The van der Waals surface area contributed by atoms with Crippen LogP contribution in [0.25, 0.3) is 0 Å². The zero-order valence-corrected chi connectivity index (χ0v) is 14.3. The first kappa shape index (κ1) is 15.9. The number of rotatable bonds is 1. The van der Waals surface area contributed by atoms with Crippen LogP contribution in [0.2, 0.25) is 0 Å². The maximum absolute atomic E-state index is 12.7. The highest BCUT2D eigenvalue weighted by Crippen LogP contribution is 2.79. The molecule has 0 aromatic rings. The molecule has 0 bridgehead atoms. The summed E-state index contributed by atoms with van der Waals surface area (Å²) in [4.78, 5) is 36.7. The van der Waals surface area contributed by atoms with Crippen LogP contribution >= 0.6 is 0 Å². The van der Waals surface area contributed by atoms with E-state index in [0.717, 1.165) is 0 Å². The molecule has 0 radical (unpaired) electrons. The van der Waals surface area contributed by atoms with Crippen molar-refractivity contribution in [2.24, 2.45) is 16.2 Å². The van der Waals surface area contributed by atoms with Crippen molar-refractivity contribution in [3.63, 3.8) is 0 Å². The van der Waals surface area contributed by atoms with Crippen LogP contribution in [0.3, 0.4) is 0 Å². The zero-order chi connectivity index (χ0) is 17.8. The van der Waals surface area contributed by atoms with E-state index >= 15 is 0 Å². The van der Waals surface area contributed by atoms with Crippen LogP contribution in [0.15, 0.2) is 0 Å². The molecule has 2 aliphatic carbocycles. The Morgan fingerprint density at radius 3 is 2.54 bits per heavy atom. The molecule has 0 aromatic carbocycles. The van der Waals surface area contributed by atoms with Crippen molar-refractivity contribution >= 4 is 17.9 Å². The average molecular weight is 338 g/mol. The molecule has 0 amide bonds. The second-order valence-electron chi connectivity index (χ2n) is 8.31. The average Bonchev–Trinajstić information content (AvgIpc) is 3.01. The maximum atomic E-state index is 12.7. The molecule has 2 heterocycles. The Bertz CT molecular complexity index is 688. The number of aliphatic hydroxyl groups is 1. The predicted octanol–water partition coefficient (Wildman–Crippen LogP) is 0.718. The number of hydrogen-bond acceptors (Lipinski definition) is 7. The molecule has 1 spiro atoms. The number of ether oxygens (including phenoxy) is 3. The van der Waals surface area contributed by atoms with Gasteiger partial charge in [0.1, 0.15) is 23.7 Å². The first-order valence-electron chi connectivity index (χ1n) is 8.27. The van der Waals surface area contributed by atoms with Gasteiger partial charge in [-0.15, -0.1) is 0 Å². The Balaban J connectivity index is 2.03. The quantitative estimate of drug-likeness (QED) is 0.555. The second kappa shape index (κ2) is 3.95. The largest absolute Gasteiger partial charge is 0.464 e. The van der Waals surface area contributed by atoms with Crippen LogP contribution in [-0.2, 0) is 28.6 Å². The van der Waals surface area contributed by atoms with Crippen LogP contribution < -0.4 is 0 Å². The Morgan fingerprint density at radius 1 is 1.25 bits per heavy atom. The fraction of sp³-hybridized carbons (Fsp3) is 0.824. The Morgan fingerprint density at radius 2 is 1.92 bits per heavy atom. The first-order chi connectivity index (χ1) is 11.0. The molecule has 1 N–H and O–H groups in total. The molecule has 7 heteroatoms. The summed E-state index contributed by atoms with van der Waals surface area (Å²) in [6, 6.07) is 0. The van der Waals surface area contributed by atoms with E-state index in [-0.39, 0.29) is 13.0 Å².